The van der Waals surface area contributed by atoms with Gasteiger partial charge in [-0.25, -0.2) is 4.98 Å². The van der Waals surface area contributed by atoms with Gasteiger partial charge in [0.05, 0.1) is 10.0 Å². The van der Waals surface area contributed by atoms with E-state index in [0.717, 1.165) is 42.9 Å². The third-order valence-corrected chi connectivity index (χ3v) is 8.26. The number of rotatable bonds is 5. The number of nitrogens with zero attached hydrogens (tertiary/aromatic N) is 3. The third kappa shape index (κ3) is 5.00. The first-order valence-electron chi connectivity index (χ1n) is 12.4. The summed E-state index contributed by atoms with van der Waals surface area (Å²) in [5, 5.41) is 3.34. The summed E-state index contributed by atoms with van der Waals surface area (Å²) >= 11 is 7.77. The maximum Gasteiger partial charge on any atom is 0.277 e. The molecule has 3 heterocycles. The number of hydrogen-bond acceptors (Lipinski definition) is 5. The van der Waals surface area contributed by atoms with Gasteiger partial charge >= 0.3 is 0 Å². The molecule has 2 aliphatic rings. The molecule has 1 fully saturated rings. The zero-order chi connectivity index (χ0) is 25.3. The predicted octanol–water partition coefficient (Wildman–Crippen LogP) is 5.95. The summed E-state index contributed by atoms with van der Waals surface area (Å²) in [7, 11) is 0. The topological polar surface area (TPSA) is 62.7 Å². The molecule has 0 spiro atoms. The number of hydrogen-bond donors (Lipinski definition) is 0. The van der Waals surface area contributed by atoms with E-state index in [1.54, 1.807) is 37.3 Å². The zero-order valence-corrected chi connectivity index (χ0v) is 22.1. The highest BCUT2D eigenvalue weighted by Gasteiger charge is 2.37. The van der Waals surface area contributed by atoms with E-state index in [1.807, 2.05) is 45.5 Å². The van der Waals surface area contributed by atoms with Crippen LogP contribution in [0.5, 0.6) is 5.75 Å². The SMILES string of the molecule is CC(C)(Oc1ccccc1Cl)C(=O)N1CCC(c2nc(C(=O)N3CCCc4ccccc43)cs2)CC1. The summed E-state index contributed by atoms with van der Waals surface area (Å²) in [6.07, 6.45) is 3.58. The van der Waals surface area contributed by atoms with E-state index in [4.69, 9.17) is 21.3 Å². The fourth-order valence-corrected chi connectivity index (χ4v) is 6.15. The van der Waals surface area contributed by atoms with Gasteiger partial charge in [0.1, 0.15) is 11.4 Å². The van der Waals surface area contributed by atoms with Gasteiger partial charge < -0.3 is 14.5 Å². The Morgan fingerprint density at radius 1 is 1.06 bits per heavy atom. The second kappa shape index (κ2) is 10.2. The molecule has 5 rings (SSSR count). The van der Waals surface area contributed by atoms with Crippen LogP contribution in [-0.2, 0) is 11.2 Å². The quantitative estimate of drug-likeness (QED) is 0.414. The van der Waals surface area contributed by atoms with Gasteiger partial charge in [0.15, 0.2) is 5.60 Å². The molecule has 1 aromatic heterocycles. The molecule has 2 aliphatic heterocycles. The Balaban J connectivity index is 1.21. The first-order chi connectivity index (χ1) is 17.3. The Kier molecular flexibility index (Phi) is 7.04. The molecule has 0 radical (unpaired) electrons. The smallest absolute Gasteiger partial charge is 0.277 e. The molecular formula is C28H30ClN3O3S. The van der Waals surface area contributed by atoms with E-state index in [0.29, 0.717) is 29.6 Å². The third-order valence-electron chi connectivity index (χ3n) is 6.94. The van der Waals surface area contributed by atoms with E-state index in [2.05, 4.69) is 6.07 Å². The van der Waals surface area contributed by atoms with Crippen LogP contribution in [0, 0.1) is 0 Å². The van der Waals surface area contributed by atoms with Crippen molar-refractivity contribution in [1.82, 2.24) is 9.88 Å². The lowest BCUT2D eigenvalue weighted by Gasteiger charge is -2.36. The lowest BCUT2D eigenvalue weighted by atomic mass is 9.96. The standard InChI is InChI=1S/C28H30ClN3O3S/c1-28(2,35-24-12-6-4-10-21(24)29)27(34)31-16-13-20(14-17-31)25-30-22(18-36-25)26(33)32-15-7-9-19-8-3-5-11-23(19)32/h3-6,8,10-12,18,20H,7,9,13-17H2,1-2H3. The first kappa shape index (κ1) is 24.8. The molecule has 0 saturated carbocycles. The fourth-order valence-electron chi connectivity index (χ4n) is 5.01. The average Bonchev–Trinajstić information content (AvgIpc) is 3.39. The minimum Gasteiger partial charge on any atom is -0.476 e. The van der Waals surface area contributed by atoms with Crippen LogP contribution in [-0.4, -0.2) is 46.9 Å². The molecule has 188 valence electrons. The van der Waals surface area contributed by atoms with Gasteiger partial charge in [-0.15, -0.1) is 11.3 Å². The second-order valence-electron chi connectivity index (χ2n) is 9.87. The highest BCUT2D eigenvalue weighted by molar-refractivity contribution is 7.10. The summed E-state index contributed by atoms with van der Waals surface area (Å²) in [6.45, 7) is 5.53. The number of ether oxygens (including phenoxy) is 1. The Bertz CT molecular complexity index is 1270. The fraction of sp³-hybridized carbons (Fsp3) is 0.393. The summed E-state index contributed by atoms with van der Waals surface area (Å²) in [6, 6.07) is 15.3. The number of para-hydroxylation sites is 2. The summed E-state index contributed by atoms with van der Waals surface area (Å²) in [5.41, 5.74) is 1.70. The molecule has 2 amide bonds. The highest BCUT2D eigenvalue weighted by atomic mass is 35.5. The van der Waals surface area contributed by atoms with Crippen LogP contribution in [0.25, 0.3) is 0 Å². The van der Waals surface area contributed by atoms with Gasteiger partial charge in [-0.3, -0.25) is 9.59 Å². The van der Waals surface area contributed by atoms with Crippen molar-refractivity contribution in [2.24, 2.45) is 0 Å². The van der Waals surface area contributed by atoms with E-state index < -0.39 is 5.60 Å². The molecule has 2 aromatic carbocycles. The van der Waals surface area contributed by atoms with Crippen molar-refractivity contribution in [1.29, 1.82) is 0 Å². The Labute approximate surface area is 220 Å². The average molecular weight is 524 g/mol. The van der Waals surface area contributed by atoms with Gasteiger partial charge in [0.2, 0.25) is 0 Å². The molecular weight excluding hydrogens is 494 g/mol. The van der Waals surface area contributed by atoms with E-state index >= 15 is 0 Å². The maximum atomic E-state index is 13.3. The molecule has 0 atom stereocenters. The largest absolute Gasteiger partial charge is 0.476 e. The number of carbonyl (C=O) groups is 2. The van der Waals surface area contributed by atoms with E-state index in [9.17, 15) is 9.59 Å². The van der Waals surface area contributed by atoms with Crippen molar-refractivity contribution in [2.75, 3.05) is 24.5 Å². The molecule has 0 aliphatic carbocycles. The van der Waals surface area contributed by atoms with Gasteiger partial charge in [-0.05, 0) is 63.3 Å². The normalized spacial score (nSPS) is 16.5. The lowest BCUT2D eigenvalue weighted by Crippen LogP contribution is -2.51. The number of carbonyl (C=O) groups excluding carboxylic acids is 2. The first-order valence-corrected chi connectivity index (χ1v) is 13.7. The molecule has 3 aromatic rings. The minimum absolute atomic E-state index is 0.0317. The number of halogens is 1. The van der Waals surface area contributed by atoms with Crippen LogP contribution in [0.2, 0.25) is 5.02 Å². The number of aromatic nitrogens is 1. The Hall–Kier alpha value is -2.90. The Morgan fingerprint density at radius 2 is 1.78 bits per heavy atom. The molecule has 6 nitrogen and oxygen atoms in total. The summed E-state index contributed by atoms with van der Waals surface area (Å²) in [5.74, 6) is 0.654. The van der Waals surface area contributed by atoms with Crippen LogP contribution in [0.1, 0.15) is 60.1 Å². The monoisotopic (exact) mass is 523 g/mol. The number of anilines is 1. The van der Waals surface area contributed by atoms with Crippen molar-refractivity contribution in [3.05, 3.63) is 75.2 Å². The van der Waals surface area contributed by atoms with Crippen molar-refractivity contribution in [3.63, 3.8) is 0 Å². The minimum atomic E-state index is -1.02. The number of aryl methyl sites for hydroxylation is 1. The van der Waals surface area contributed by atoms with Crippen molar-refractivity contribution >= 4 is 40.4 Å². The van der Waals surface area contributed by atoms with Crippen LogP contribution in [0.4, 0.5) is 5.69 Å². The molecule has 0 unspecified atom stereocenters. The van der Waals surface area contributed by atoms with Crippen molar-refractivity contribution < 1.29 is 14.3 Å². The van der Waals surface area contributed by atoms with Gasteiger partial charge in [0.25, 0.3) is 11.8 Å². The number of fused-ring (bicyclic) bond motifs is 1. The highest BCUT2D eigenvalue weighted by Crippen LogP contribution is 2.34. The van der Waals surface area contributed by atoms with Gasteiger partial charge in [0, 0.05) is 36.6 Å². The molecule has 1 saturated heterocycles. The predicted molar refractivity (Wildman–Crippen MR) is 143 cm³/mol. The number of thiazole rings is 1. The van der Waals surface area contributed by atoms with Gasteiger partial charge in [-0.2, -0.15) is 0 Å². The molecule has 8 heteroatoms. The second-order valence-corrected chi connectivity index (χ2v) is 11.2. The van der Waals surface area contributed by atoms with Crippen LogP contribution >= 0.6 is 22.9 Å². The van der Waals surface area contributed by atoms with Gasteiger partial charge in [-0.1, -0.05) is 41.9 Å². The number of piperidine rings is 1. The zero-order valence-electron chi connectivity index (χ0n) is 20.6. The van der Waals surface area contributed by atoms with E-state index in [1.165, 1.54) is 5.56 Å². The number of amides is 2. The maximum absolute atomic E-state index is 13.3. The van der Waals surface area contributed by atoms with Crippen molar-refractivity contribution in [2.45, 2.75) is 51.0 Å². The number of benzene rings is 2. The number of likely N-dealkylation sites (tertiary alicyclic amines) is 1. The van der Waals surface area contributed by atoms with Crippen LogP contribution < -0.4 is 9.64 Å². The summed E-state index contributed by atoms with van der Waals surface area (Å²) in [4.78, 5) is 35.0. The van der Waals surface area contributed by atoms with Crippen molar-refractivity contribution in [3.8, 4) is 5.75 Å². The lowest BCUT2D eigenvalue weighted by molar-refractivity contribution is -0.146. The van der Waals surface area contributed by atoms with E-state index in [-0.39, 0.29) is 17.7 Å². The summed E-state index contributed by atoms with van der Waals surface area (Å²) < 4.78 is 6.00. The molecule has 0 bridgehead atoms. The Morgan fingerprint density at radius 3 is 2.56 bits per heavy atom. The molecule has 36 heavy (non-hydrogen) atoms. The van der Waals surface area contributed by atoms with Crippen LogP contribution in [0.15, 0.2) is 53.9 Å². The van der Waals surface area contributed by atoms with Crippen LogP contribution in [0.3, 0.4) is 0 Å². The molecule has 0 N–H and O–H groups in total.